The van der Waals surface area contributed by atoms with Crippen molar-refractivity contribution in [3.8, 4) is 0 Å². The molecule has 0 bridgehead atoms. The summed E-state index contributed by atoms with van der Waals surface area (Å²) in [5, 5.41) is 14.1. The van der Waals surface area contributed by atoms with Gasteiger partial charge in [0.25, 0.3) is 10.3 Å². The molecule has 0 rings (SSSR count). The zero-order chi connectivity index (χ0) is 17.3. The fourth-order valence-electron chi connectivity index (χ4n) is 1.31. The molecular weight excluding hydrogens is 332 g/mol. The second-order valence-electron chi connectivity index (χ2n) is 3.41. The van der Waals surface area contributed by atoms with Gasteiger partial charge in [-0.25, -0.2) is 0 Å². The first kappa shape index (κ1) is 25.4. The van der Waals surface area contributed by atoms with Crippen LogP contribution in [-0.4, -0.2) is 49.2 Å². The summed E-state index contributed by atoms with van der Waals surface area (Å²) in [6.07, 6.45) is 1.05. The summed E-state index contributed by atoms with van der Waals surface area (Å²) < 4.78 is 16.9. The fourth-order valence-corrected chi connectivity index (χ4v) is 3.92. The number of rotatable bonds is 8. The second-order valence-corrected chi connectivity index (χ2v) is 6.98. The Hall–Kier alpha value is -0.523. The standard InChI is InChI=1S/C9H22O3Si.2CH3NOS/c1-5-9-13(10-6-2,11-7-3)12-8-4;2*2-1(3)4/h5-9H2,1-4H3;2*(H3,2,3,4). The smallest absolute Gasteiger partial charge is 0.487 e. The maximum Gasteiger partial charge on any atom is 0.500 e. The van der Waals surface area contributed by atoms with E-state index < -0.39 is 19.2 Å². The molecule has 128 valence electrons. The van der Waals surface area contributed by atoms with Crippen LogP contribution in [0.2, 0.25) is 6.04 Å². The van der Waals surface area contributed by atoms with E-state index in [1.54, 1.807) is 0 Å². The van der Waals surface area contributed by atoms with Crippen LogP contribution in [0.5, 0.6) is 0 Å². The van der Waals surface area contributed by atoms with Gasteiger partial charge < -0.3 is 35.0 Å². The van der Waals surface area contributed by atoms with Crippen molar-refractivity contribution >= 4 is 43.6 Å². The minimum Gasteiger partial charge on any atom is -0.487 e. The lowest BCUT2D eigenvalue weighted by Crippen LogP contribution is -2.45. The van der Waals surface area contributed by atoms with Crippen molar-refractivity contribution in [1.82, 2.24) is 0 Å². The SMILES string of the molecule is CCC[Si](OCC)(OCC)OCC.NC(O)=S.NC(O)=S. The predicted molar refractivity (Wildman–Crippen MR) is 94.6 cm³/mol. The normalized spacial score (nSPS) is 9.71. The highest BCUT2D eigenvalue weighted by atomic mass is 32.1. The van der Waals surface area contributed by atoms with E-state index >= 15 is 0 Å². The summed E-state index contributed by atoms with van der Waals surface area (Å²) in [4.78, 5) is 0. The topological polar surface area (TPSA) is 120 Å². The van der Waals surface area contributed by atoms with Crippen LogP contribution in [0.15, 0.2) is 0 Å². The molecule has 0 aromatic rings. The van der Waals surface area contributed by atoms with Crippen LogP contribution in [0.4, 0.5) is 0 Å². The molecule has 0 spiro atoms. The third-order valence-corrected chi connectivity index (χ3v) is 4.95. The van der Waals surface area contributed by atoms with Crippen molar-refractivity contribution in [2.45, 2.75) is 40.2 Å². The van der Waals surface area contributed by atoms with Crippen molar-refractivity contribution in [2.24, 2.45) is 11.5 Å². The van der Waals surface area contributed by atoms with E-state index in [9.17, 15) is 0 Å². The Morgan fingerprint density at radius 3 is 1.24 bits per heavy atom. The van der Waals surface area contributed by atoms with E-state index in [1.165, 1.54) is 0 Å². The molecule has 7 nitrogen and oxygen atoms in total. The Balaban J connectivity index is -0.000000334. The van der Waals surface area contributed by atoms with E-state index in [-0.39, 0.29) is 0 Å². The summed E-state index contributed by atoms with van der Waals surface area (Å²) in [6, 6.07) is 0.919. The number of hydrogen-bond donors (Lipinski definition) is 4. The van der Waals surface area contributed by atoms with Crippen LogP contribution in [0.1, 0.15) is 34.1 Å². The molecule has 0 radical (unpaired) electrons. The van der Waals surface area contributed by atoms with Crippen LogP contribution in [0, 0.1) is 0 Å². The van der Waals surface area contributed by atoms with Gasteiger partial charge in [-0.1, -0.05) is 13.3 Å². The molecule has 0 atom stereocenters. The largest absolute Gasteiger partial charge is 0.500 e. The average molecular weight is 361 g/mol. The molecule has 10 heteroatoms. The van der Waals surface area contributed by atoms with E-state index in [1.807, 2.05) is 20.8 Å². The Kier molecular flexibility index (Phi) is 21.2. The van der Waals surface area contributed by atoms with Gasteiger partial charge >= 0.3 is 8.80 Å². The number of aliphatic hydroxyl groups is 2. The molecule has 0 saturated carbocycles. The maximum atomic E-state index is 7.56. The highest BCUT2D eigenvalue weighted by Crippen LogP contribution is 2.17. The quantitative estimate of drug-likeness (QED) is 0.380. The molecular formula is C11H28N2O5S2Si. The summed E-state index contributed by atoms with van der Waals surface area (Å²) >= 11 is 7.74. The maximum absolute atomic E-state index is 7.56. The number of hydrogen-bond acceptors (Lipinski definition) is 5. The molecule has 0 unspecified atom stereocenters. The number of thiocarbonyl (C=S) groups is 2. The molecule has 0 aliphatic rings. The third kappa shape index (κ3) is 24.8. The van der Waals surface area contributed by atoms with E-state index in [0.29, 0.717) is 19.8 Å². The Morgan fingerprint density at radius 2 is 1.10 bits per heavy atom. The first-order valence-corrected chi connectivity index (χ1v) is 9.34. The molecule has 0 aliphatic heterocycles. The molecule has 0 heterocycles. The molecule has 0 amide bonds. The van der Waals surface area contributed by atoms with Gasteiger partial charge in [0.1, 0.15) is 0 Å². The summed E-state index contributed by atoms with van der Waals surface area (Å²) in [6.45, 7) is 10.1. The van der Waals surface area contributed by atoms with Gasteiger partial charge in [0, 0.05) is 25.9 Å². The lowest BCUT2D eigenvalue weighted by Gasteiger charge is -2.27. The van der Waals surface area contributed by atoms with Crippen LogP contribution < -0.4 is 11.5 Å². The van der Waals surface area contributed by atoms with Crippen molar-refractivity contribution < 1.29 is 23.5 Å². The highest BCUT2D eigenvalue weighted by molar-refractivity contribution is 7.80. The Morgan fingerprint density at radius 1 is 0.857 bits per heavy atom. The van der Waals surface area contributed by atoms with Crippen molar-refractivity contribution in [2.75, 3.05) is 19.8 Å². The molecule has 6 N–H and O–H groups in total. The highest BCUT2D eigenvalue weighted by Gasteiger charge is 2.38. The lowest BCUT2D eigenvalue weighted by molar-refractivity contribution is 0.0712. The molecule has 0 saturated heterocycles. The van der Waals surface area contributed by atoms with Crippen molar-refractivity contribution in [3.63, 3.8) is 0 Å². The van der Waals surface area contributed by atoms with Crippen LogP contribution in [0.3, 0.4) is 0 Å². The first-order valence-electron chi connectivity index (χ1n) is 6.59. The van der Waals surface area contributed by atoms with Gasteiger partial charge in [0.2, 0.25) is 0 Å². The van der Waals surface area contributed by atoms with E-state index in [4.69, 9.17) is 23.5 Å². The fraction of sp³-hybridized carbons (Fsp3) is 0.818. The average Bonchev–Trinajstić information content (AvgIpc) is 2.28. The zero-order valence-electron chi connectivity index (χ0n) is 13.1. The van der Waals surface area contributed by atoms with Gasteiger partial charge in [-0.2, -0.15) is 0 Å². The summed E-state index contributed by atoms with van der Waals surface area (Å²) in [7, 11) is -2.30. The van der Waals surface area contributed by atoms with E-state index in [0.717, 1.165) is 12.5 Å². The minimum atomic E-state index is -2.30. The molecule has 21 heavy (non-hydrogen) atoms. The zero-order valence-corrected chi connectivity index (χ0v) is 15.8. The summed E-state index contributed by atoms with van der Waals surface area (Å²) in [5.74, 6) is 0. The van der Waals surface area contributed by atoms with Crippen molar-refractivity contribution in [3.05, 3.63) is 0 Å². The van der Waals surface area contributed by atoms with Gasteiger partial charge in [0.15, 0.2) is 0 Å². The van der Waals surface area contributed by atoms with Crippen molar-refractivity contribution in [1.29, 1.82) is 0 Å². The summed E-state index contributed by atoms with van der Waals surface area (Å²) in [5.41, 5.74) is 8.80. The molecule has 0 aliphatic carbocycles. The molecule has 0 aromatic carbocycles. The van der Waals surface area contributed by atoms with Gasteiger partial charge in [-0.3, -0.25) is 0 Å². The van der Waals surface area contributed by atoms with Crippen LogP contribution in [-0.2, 0) is 13.3 Å². The monoisotopic (exact) mass is 360 g/mol. The van der Waals surface area contributed by atoms with Crippen LogP contribution in [0.25, 0.3) is 0 Å². The third-order valence-electron chi connectivity index (χ3n) is 1.65. The van der Waals surface area contributed by atoms with E-state index in [2.05, 4.69) is 42.8 Å². The van der Waals surface area contributed by atoms with Gasteiger partial charge in [0.05, 0.1) is 0 Å². The lowest BCUT2D eigenvalue weighted by atomic mass is 10.6. The molecule has 0 fully saturated rings. The minimum absolute atomic E-state index is 0.500. The first-order chi connectivity index (χ1) is 9.71. The van der Waals surface area contributed by atoms with Gasteiger partial charge in [-0.05, 0) is 45.2 Å². The number of nitrogens with two attached hydrogens (primary N) is 2. The Labute approximate surface area is 138 Å². The molecule has 0 aromatic heterocycles. The Bertz CT molecular complexity index is 223. The van der Waals surface area contributed by atoms with Crippen LogP contribution >= 0.6 is 24.4 Å². The number of aliphatic hydroxyl groups excluding tert-OH is 2. The predicted octanol–water partition coefficient (Wildman–Crippen LogP) is 2.02. The van der Waals surface area contributed by atoms with Gasteiger partial charge in [-0.15, -0.1) is 0 Å². The second kappa shape index (κ2) is 17.5.